The lowest BCUT2D eigenvalue weighted by molar-refractivity contribution is -0.150. The van der Waals surface area contributed by atoms with Gasteiger partial charge in [-0.1, -0.05) is 6.92 Å². The maximum absolute atomic E-state index is 11.7. The van der Waals surface area contributed by atoms with Gasteiger partial charge in [0.1, 0.15) is 0 Å². The number of imide groups is 1. The molecule has 1 fully saturated rings. The van der Waals surface area contributed by atoms with Crippen LogP contribution in [0.25, 0.3) is 0 Å². The molecule has 1 atom stereocenters. The Bertz CT molecular complexity index is 224. The number of carbonyl (C=O) groups is 2. The van der Waals surface area contributed by atoms with Gasteiger partial charge < -0.3 is 0 Å². The fraction of sp³-hybridized carbons (Fsp3) is 0.800. The lowest BCUT2D eigenvalue weighted by Gasteiger charge is -2.33. The van der Waals surface area contributed by atoms with Crippen molar-refractivity contribution >= 4 is 23.6 Å². The Balaban J connectivity index is 2.70. The van der Waals surface area contributed by atoms with E-state index in [4.69, 9.17) is 0 Å². The summed E-state index contributed by atoms with van der Waals surface area (Å²) in [5.41, 5.74) is 0. The lowest BCUT2D eigenvalue weighted by Crippen LogP contribution is -2.48. The van der Waals surface area contributed by atoms with Crippen LogP contribution in [0, 0.1) is 0 Å². The number of likely N-dealkylation sites (tertiary alicyclic amines) is 1. The first-order valence-electron chi connectivity index (χ1n) is 4.97. The Morgan fingerprint density at radius 3 is 2.29 bits per heavy atom. The summed E-state index contributed by atoms with van der Waals surface area (Å²) < 4.78 is 0. The van der Waals surface area contributed by atoms with Crippen molar-refractivity contribution in [1.82, 2.24) is 4.90 Å². The van der Waals surface area contributed by atoms with Crippen molar-refractivity contribution in [2.45, 2.75) is 44.4 Å². The molecule has 0 saturated carbocycles. The second-order valence-corrected chi connectivity index (χ2v) is 4.82. The van der Waals surface area contributed by atoms with Crippen molar-refractivity contribution in [2.24, 2.45) is 0 Å². The van der Waals surface area contributed by atoms with Gasteiger partial charge in [-0.05, 0) is 19.6 Å². The van der Waals surface area contributed by atoms with Crippen LogP contribution in [0.2, 0.25) is 0 Å². The topological polar surface area (TPSA) is 37.4 Å². The van der Waals surface area contributed by atoms with Crippen LogP contribution in [0.5, 0.6) is 0 Å². The molecule has 0 aromatic rings. The quantitative estimate of drug-likeness (QED) is 0.672. The Hall–Kier alpha value is -0.510. The van der Waals surface area contributed by atoms with Crippen LogP contribution in [0.15, 0.2) is 0 Å². The Labute approximate surface area is 89.2 Å². The van der Waals surface area contributed by atoms with E-state index in [0.29, 0.717) is 12.8 Å². The van der Waals surface area contributed by atoms with Crippen molar-refractivity contribution < 1.29 is 9.59 Å². The fourth-order valence-corrected chi connectivity index (χ4v) is 2.26. The monoisotopic (exact) mass is 215 g/mol. The summed E-state index contributed by atoms with van der Waals surface area (Å²) >= 11 is 1.61. The number of nitrogens with zero attached hydrogens (tertiary/aromatic N) is 1. The van der Waals surface area contributed by atoms with Gasteiger partial charge in [-0.15, -0.1) is 0 Å². The van der Waals surface area contributed by atoms with E-state index in [1.165, 1.54) is 4.90 Å². The molecule has 2 amide bonds. The smallest absolute Gasteiger partial charge is 0.230 e. The highest BCUT2D eigenvalue weighted by atomic mass is 32.2. The highest BCUT2D eigenvalue weighted by molar-refractivity contribution is 7.99. The summed E-state index contributed by atoms with van der Waals surface area (Å²) in [4.78, 5) is 24.8. The van der Waals surface area contributed by atoms with Crippen LogP contribution < -0.4 is 0 Å². The number of carbonyl (C=O) groups excluding carboxylic acids is 2. The first kappa shape index (κ1) is 11.6. The molecule has 1 unspecified atom stereocenters. The lowest BCUT2D eigenvalue weighted by atomic mass is 10.1. The third kappa shape index (κ3) is 2.29. The van der Waals surface area contributed by atoms with E-state index in [1.54, 1.807) is 11.8 Å². The molecular weight excluding hydrogens is 198 g/mol. The summed E-state index contributed by atoms with van der Waals surface area (Å²) in [6, 6.07) is 0.0535. The summed E-state index contributed by atoms with van der Waals surface area (Å²) in [7, 11) is 0. The van der Waals surface area contributed by atoms with Gasteiger partial charge in [-0.3, -0.25) is 14.5 Å². The molecule has 0 aromatic carbocycles. The molecule has 14 heavy (non-hydrogen) atoms. The Morgan fingerprint density at radius 2 is 1.93 bits per heavy atom. The first-order valence-corrected chi connectivity index (χ1v) is 6.26. The molecule has 0 bridgehead atoms. The number of thioether (sulfide) groups is 1. The van der Waals surface area contributed by atoms with Gasteiger partial charge >= 0.3 is 0 Å². The second-order valence-electron chi connectivity index (χ2n) is 3.68. The molecule has 0 spiro atoms. The van der Waals surface area contributed by atoms with Gasteiger partial charge in [0.05, 0.1) is 0 Å². The van der Waals surface area contributed by atoms with Gasteiger partial charge in [0, 0.05) is 24.1 Å². The maximum atomic E-state index is 11.7. The van der Waals surface area contributed by atoms with Gasteiger partial charge in [-0.2, -0.15) is 11.8 Å². The second kappa shape index (κ2) is 4.82. The average molecular weight is 215 g/mol. The van der Waals surface area contributed by atoms with Crippen molar-refractivity contribution in [2.75, 3.05) is 6.26 Å². The number of rotatable bonds is 3. The van der Waals surface area contributed by atoms with E-state index >= 15 is 0 Å². The van der Waals surface area contributed by atoms with Crippen molar-refractivity contribution in [1.29, 1.82) is 0 Å². The first-order chi connectivity index (χ1) is 6.60. The Kier molecular flexibility index (Phi) is 3.98. The highest BCUT2D eigenvalue weighted by Gasteiger charge is 2.34. The van der Waals surface area contributed by atoms with E-state index in [0.717, 1.165) is 6.42 Å². The van der Waals surface area contributed by atoms with Gasteiger partial charge in [0.15, 0.2) is 0 Å². The third-order valence-electron chi connectivity index (χ3n) is 2.71. The molecule has 4 heteroatoms. The standard InChI is InChI=1S/C10H17NO2S/c1-4-7(2)11-9(12)5-8(14-3)6-10(11)13/h7-8H,4-6H2,1-3H3. The molecule has 1 aliphatic rings. The van der Waals surface area contributed by atoms with Gasteiger partial charge in [0.25, 0.3) is 0 Å². The molecule has 1 rings (SSSR count). The molecule has 1 aliphatic heterocycles. The van der Waals surface area contributed by atoms with E-state index in [-0.39, 0.29) is 23.1 Å². The van der Waals surface area contributed by atoms with Gasteiger partial charge in [0.2, 0.25) is 11.8 Å². The zero-order valence-electron chi connectivity index (χ0n) is 8.95. The van der Waals surface area contributed by atoms with Crippen molar-refractivity contribution in [3.63, 3.8) is 0 Å². The largest absolute Gasteiger partial charge is 0.280 e. The molecule has 1 heterocycles. The van der Waals surface area contributed by atoms with E-state index < -0.39 is 0 Å². The zero-order valence-corrected chi connectivity index (χ0v) is 9.76. The molecule has 0 N–H and O–H groups in total. The summed E-state index contributed by atoms with van der Waals surface area (Å²) in [6.07, 6.45) is 3.81. The Morgan fingerprint density at radius 1 is 1.43 bits per heavy atom. The number of piperidine rings is 1. The number of hydrogen-bond donors (Lipinski definition) is 0. The summed E-state index contributed by atoms with van der Waals surface area (Å²) in [5, 5.41) is 0.190. The average Bonchev–Trinajstić information content (AvgIpc) is 2.16. The molecule has 0 aliphatic carbocycles. The minimum Gasteiger partial charge on any atom is -0.280 e. The van der Waals surface area contributed by atoms with Crippen molar-refractivity contribution in [3.05, 3.63) is 0 Å². The predicted octanol–water partition coefficient (Wildman–Crippen LogP) is 1.67. The minimum atomic E-state index is -0.00468. The minimum absolute atomic E-state index is 0.00468. The predicted molar refractivity (Wildman–Crippen MR) is 58.1 cm³/mol. The normalized spacial score (nSPS) is 21.5. The van der Waals surface area contributed by atoms with E-state index in [9.17, 15) is 9.59 Å². The number of amides is 2. The molecule has 3 nitrogen and oxygen atoms in total. The van der Waals surface area contributed by atoms with Crippen LogP contribution in [-0.2, 0) is 9.59 Å². The van der Waals surface area contributed by atoms with Gasteiger partial charge in [-0.25, -0.2) is 0 Å². The van der Waals surface area contributed by atoms with Crippen LogP contribution in [0.3, 0.4) is 0 Å². The van der Waals surface area contributed by atoms with Crippen molar-refractivity contribution in [3.8, 4) is 0 Å². The van der Waals surface area contributed by atoms with Crippen LogP contribution in [0.1, 0.15) is 33.1 Å². The summed E-state index contributed by atoms with van der Waals surface area (Å²) in [6.45, 7) is 3.92. The van der Waals surface area contributed by atoms with Crippen LogP contribution in [-0.4, -0.2) is 34.3 Å². The summed E-state index contributed by atoms with van der Waals surface area (Å²) in [5.74, 6) is -0.00935. The maximum Gasteiger partial charge on any atom is 0.230 e. The van der Waals surface area contributed by atoms with Crippen LogP contribution >= 0.6 is 11.8 Å². The molecule has 1 saturated heterocycles. The van der Waals surface area contributed by atoms with E-state index in [1.807, 2.05) is 20.1 Å². The van der Waals surface area contributed by atoms with Crippen LogP contribution in [0.4, 0.5) is 0 Å². The van der Waals surface area contributed by atoms with E-state index in [2.05, 4.69) is 0 Å². The SMILES string of the molecule is CCC(C)N1C(=O)CC(SC)CC1=O. The molecule has 0 radical (unpaired) electrons. The molecule has 0 aromatic heterocycles. The zero-order chi connectivity index (χ0) is 10.7. The molecule has 80 valence electrons. The third-order valence-corrected chi connectivity index (χ3v) is 3.71. The highest BCUT2D eigenvalue weighted by Crippen LogP contribution is 2.24. The molecular formula is C10H17NO2S. The fourth-order valence-electron chi connectivity index (χ4n) is 1.64. The number of hydrogen-bond acceptors (Lipinski definition) is 3.